The number of ether oxygens (including phenoxy) is 1. The highest BCUT2D eigenvalue weighted by Gasteiger charge is 2.41. The molecule has 2 saturated heterocycles. The summed E-state index contributed by atoms with van der Waals surface area (Å²) in [6, 6.07) is 0.379. The van der Waals surface area contributed by atoms with Gasteiger partial charge in [0.1, 0.15) is 0 Å². The number of carbonyl (C=O) groups is 2. The van der Waals surface area contributed by atoms with Crippen LogP contribution in [0, 0.1) is 5.41 Å². The van der Waals surface area contributed by atoms with Crippen LogP contribution < -0.4 is 0 Å². The lowest BCUT2D eigenvalue weighted by atomic mass is 9.72. The largest absolute Gasteiger partial charge is 0.383 e. The van der Waals surface area contributed by atoms with Crippen molar-refractivity contribution >= 4 is 11.8 Å². The molecule has 1 spiro atoms. The van der Waals surface area contributed by atoms with E-state index in [1.807, 2.05) is 16.8 Å². The van der Waals surface area contributed by atoms with Crippen molar-refractivity contribution in [1.29, 1.82) is 0 Å². The predicted molar refractivity (Wildman–Crippen MR) is 93.7 cm³/mol. The van der Waals surface area contributed by atoms with Gasteiger partial charge in [0.25, 0.3) is 0 Å². The van der Waals surface area contributed by atoms with Crippen LogP contribution in [0.15, 0.2) is 0 Å². The summed E-state index contributed by atoms with van der Waals surface area (Å²) < 4.78 is 5.12. The van der Waals surface area contributed by atoms with E-state index < -0.39 is 0 Å². The smallest absolute Gasteiger partial charge is 0.236 e. The van der Waals surface area contributed by atoms with Crippen molar-refractivity contribution in [1.82, 2.24) is 14.7 Å². The van der Waals surface area contributed by atoms with E-state index >= 15 is 0 Å². The summed E-state index contributed by atoms with van der Waals surface area (Å²) in [4.78, 5) is 30.6. The fourth-order valence-electron chi connectivity index (χ4n) is 3.64. The Labute approximate surface area is 146 Å². The van der Waals surface area contributed by atoms with E-state index in [1.165, 1.54) is 0 Å². The zero-order valence-corrected chi connectivity index (χ0v) is 15.7. The van der Waals surface area contributed by atoms with E-state index in [0.29, 0.717) is 32.2 Å². The van der Waals surface area contributed by atoms with Gasteiger partial charge in [-0.15, -0.1) is 0 Å². The lowest BCUT2D eigenvalue weighted by molar-refractivity contribution is -0.143. The van der Waals surface area contributed by atoms with Crippen LogP contribution in [0.25, 0.3) is 0 Å². The normalized spacial score (nSPS) is 21.2. The number of rotatable bonds is 6. The highest BCUT2D eigenvalue weighted by Crippen LogP contribution is 2.40. The molecule has 0 saturated carbocycles. The Morgan fingerprint density at radius 1 is 1.29 bits per heavy atom. The number of nitrogens with zero attached hydrogens (tertiary/aromatic N) is 3. The van der Waals surface area contributed by atoms with Crippen LogP contribution in [-0.4, -0.2) is 86.0 Å². The van der Waals surface area contributed by atoms with E-state index in [4.69, 9.17) is 4.74 Å². The molecule has 2 aliphatic heterocycles. The molecule has 0 aromatic carbocycles. The third kappa shape index (κ3) is 4.70. The molecule has 24 heavy (non-hydrogen) atoms. The summed E-state index contributed by atoms with van der Waals surface area (Å²) >= 11 is 0. The third-order valence-corrected chi connectivity index (χ3v) is 5.76. The Morgan fingerprint density at radius 2 is 1.96 bits per heavy atom. The van der Waals surface area contributed by atoms with Crippen molar-refractivity contribution in [3.05, 3.63) is 0 Å². The molecule has 2 heterocycles. The molecule has 138 valence electrons. The Hall–Kier alpha value is -1.14. The minimum atomic E-state index is 0.197. The molecule has 6 heteroatoms. The molecule has 0 aromatic rings. The summed E-state index contributed by atoms with van der Waals surface area (Å²) in [5.41, 5.74) is 0.197. The van der Waals surface area contributed by atoms with Crippen LogP contribution >= 0.6 is 0 Å². The van der Waals surface area contributed by atoms with Crippen molar-refractivity contribution in [2.45, 2.75) is 45.6 Å². The predicted octanol–water partition coefficient (Wildman–Crippen LogP) is 1.20. The second-order valence-corrected chi connectivity index (χ2v) is 7.70. The van der Waals surface area contributed by atoms with Crippen LogP contribution in [-0.2, 0) is 14.3 Å². The zero-order valence-electron chi connectivity index (χ0n) is 15.7. The molecule has 2 amide bonds. The Balaban J connectivity index is 1.87. The van der Waals surface area contributed by atoms with Gasteiger partial charge in [0.05, 0.1) is 13.2 Å². The molecule has 0 bridgehead atoms. The quantitative estimate of drug-likeness (QED) is 0.730. The van der Waals surface area contributed by atoms with Gasteiger partial charge in [-0.05, 0) is 45.6 Å². The second-order valence-electron chi connectivity index (χ2n) is 7.70. The Kier molecular flexibility index (Phi) is 6.63. The fourth-order valence-corrected chi connectivity index (χ4v) is 3.64. The third-order valence-electron chi connectivity index (χ3n) is 5.76. The zero-order chi connectivity index (χ0) is 17.7. The van der Waals surface area contributed by atoms with Crippen LogP contribution in [0.1, 0.15) is 39.5 Å². The van der Waals surface area contributed by atoms with Crippen LogP contribution in [0.4, 0.5) is 0 Å². The van der Waals surface area contributed by atoms with Crippen LogP contribution in [0.3, 0.4) is 0 Å². The number of likely N-dealkylation sites (N-methyl/N-ethyl adjacent to an activating group) is 1. The van der Waals surface area contributed by atoms with Crippen molar-refractivity contribution in [3.63, 3.8) is 0 Å². The molecule has 2 rings (SSSR count). The molecule has 0 aromatic heterocycles. The molecule has 0 aliphatic carbocycles. The maximum atomic E-state index is 12.4. The van der Waals surface area contributed by atoms with Gasteiger partial charge in [0.2, 0.25) is 11.8 Å². The van der Waals surface area contributed by atoms with Gasteiger partial charge in [0.15, 0.2) is 0 Å². The lowest BCUT2D eigenvalue weighted by Gasteiger charge is -2.47. The topological polar surface area (TPSA) is 53.1 Å². The van der Waals surface area contributed by atoms with E-state index in [0.717, 1.165) is 38.9 Å². The second kappa shape index (κ2) is 8.30. The van der Waals surface area contributed by atoms with E-state index in [9.17, 15) is 9.59 Å². The Bertz CT molecular complexity index is 445. The standard InChI is InChI=1S/C18H33N3O3/c1-15(2)19(3)13-17(23)20-9-7-18(8-10-20)6-5-16(22)21(14-18)11-12-24-4/h15H,5-14H2,1-4H3. The van der Waals surface area contributed by atoms with E-state index in [-0.39, 0.29) is 17.2 Å². The molecule has 2 fully saturated rings. The van der Waals surface area contributed by atoms with Crippen molar-refractivity contribution in [3.8, 4) is 0 Å². The van der Waals surface area contributed by atoms with Gasteiger partial charge in [-0.2, -0.15) is 0 Å². The number of methoxy groups -OCH3 is 1. The number of carbonyl (C=O) groups excluding carboxylic acids is 2. The molecule has 2 aliphatic rings. The molecule has 0 atom stereocenters. The van der Waals surface area contributed by atoms with Gasteiger partial charge < -0.3 is 14.5 Å². The van der Waals surface area contributed by atoms with Gasteiger partial charge in [0, 0.05) is 45.8 Å². The first-order chi connectivity index (χ1) is 11.4. The minimum absolute atomic E-state index is 0.197. The van der Waals surface area contributed by atoms with Crippen LogP contribution in [0.5, 0.6) is 0 Å². The highest BCUT2D eigenvalue weighted by molar-refractivity contribution is 5.79. The fraction of sp³-hybridized carbons (Fsp3) is 0.889. The first kappa shape index (κ1) is 19.2. The van der Waals surface area contributed by atoms with Gasteiger partial charge in [-0.1, -0.05) is 0 Å². The average molecular weight is 339 g/mol. The number of hydrogen-bond acceptors (Lipinski definition) is 4. The monoisotopic (exact) mass is 339 g/mol. The summed E-state index contributed by atoms with van der Waals surface area (Å²) in [5.74, 6) is 0.471. The molecule has 0 radical (unpaired) electrons. The molecule has 0 N–H and O–H groups in total. The molecular formula is C18H33N3O3. The van der Waals surface area contributed by atoms with Crippen molar-refractivity contribution in [2.24, 2.45) is 5.41 Å². The van der Waals surface area contributed by atoms with Crippen molar-refractivity contribution in [2.75, 3.05) is 53.5 Å². The molecule has 6 nitrogen and oxygen atoms in total. The van der Waals surface area contributed by atoms with E-state index in [2.05, 4.69) is 18.7 Å². The Morgan fingerprint density at radius 3 is 2.54 bits per heavy atom. The van der Waals surface area contributed by atoms with Crippen LogP contribution in [0.2, 0.25) is 0 Å². The maximum Gasteiger partial charge on any atom is 0.236 e. The first-order valence-electron chi connectivity index (χ1n) is 9.11. The first-order valence-corrected chi connectivity index (χ1v) is 9.11. The molecular weight excluding hydrogens is 306 g/mol. The minimum Gasteiger partial charge on any atom is -0.383 e. The average Bonchev–Trinajstić information content (AvgIpc) is 2.56. The maximum absolute atomic E-state index is 12.4. The summed E-state index contributed by atoms with van der Waals surface area (Å²) in [7, 11) is 3.66. The van der Waals surface area contributed by atoms with E-state index in [1.54, 1.807) is 7.11 Å². The molecule has 0 unspecified atom stereocenters. The van der Waals surface area contributed by atoms with Gasteiger partial charge in [-0.3, -0.25) is 14.5 Å². The van der Waals surface area contributed by atoms with Crippen molar-refractivity contribution < 1.29 is 14.3 Å². The SMILES string of the molecule is COCCN1CC2(CCC1=O)CCN(C(=O)CN(C)C(C)C)CC2. The highest BCUT2D eigenvalue weighted by atomic mass is 16.5. The number of likely N-dealkylation sites (tertiary alicyclic amines) is 2. The van der Waals surface area contributed by atoms with Gasteiger partial charge in [-0.25, -0.2) is 0 Å². The summed E-state index contributed by atoms with van der Waals surface area (Å²) in [6.07, 6.45) is 3.60. The summed E-state index contributed by atoms with van der Waals surface area (Å²) in [6.45, 7) is 8.42. The summed E-state index contributed by atoms with van der Waals surface area (Å²) in [5, 5.41) is 0. The number of amides is 2. The number of piperidine rings is 2. The number of hydrogen-bond donors (Lipinski definition) is 0. The van der Waals surface area contributed by atoms with Gasteiger partial charge >= 0.3 is 0 Å². The lowest BCUT2D eigenvalue weighted by Crippen LogP contribution is -2.53.